The molecule has 0 atom stereocenters. The number of benzene rings is 1. The minimum atomic E-state index is 0.513. The molecule has 19 heavy (non-hydrogen) atoms. The zero-order valence-corrected chi connectivity index (χ0v) is 12.3. The Morgan fingerprint density at radius 2 is 1.79 bits per heavy atom. The van der Waals surface area contributed by atoms with Crippen molar-refractivity contribution in [3.63, 3.8) is 0 Å². The van der Waals surface area contributed by atoms with Gasteiger partial charge in [0, 0.05) is 19.3 Å². The lowest BCUT2D eigenvalue weighted by molar-refractivity contribution is 0.0232. The Morgan fingerprint density at radius 1 is 1.11 bits per heavy atom. The summed E-state index contributed by atoms with van der Waals surface area (Å²) in [6, 6.07) is 8.90. The van der Waals surface area contributed by atoms with Crippen molar-refractivity contribution in [2.75, 3.05) is 19.0 Å². The van der Waals surface area contributed by atoms with Crippen LogP contribution in [0.4, 0.5) is 5.69 Å². The van der Waals surface area contributed by atoms with Gasteiger partial charge >= 0.3 is 0 Å². The summed E-state index contributed by atoms with van der Waals surface area (Å²) in [6.45, 7) is 3.16. The molecule has 2 heteroatoms. The maximum Gasteiger partial charge on any atom is 0.0575 e. The van der Waals surface area contributed by atoms with E-state index < -0.39 is 0 Å². The standard InChI is InChI=1S/C17H27NO/c1-3-4-13-19-17-11-7-15(8-12-17)14-5-9-16(18-2)10-6-14/h5-6,9-10,15,17-18H,3-4,7-8,11-13H2,1-2H3. The molecule has 1 aliphatic carbocycles. The first-order chi connectivity index (χ1) is 9.33. The van der Waals surface area contributed by atoms with Gasteiger partial charge in [-0.2, -0.15) is 0 Å². The quantitative estimate of drug-likeness (QED) is 0.757. The highest BCUT2D eigenvalue weighted by Gasteiger charge is 2.22. The van der Waals surface area contributed by atoms with E-state index in [9.17, 15) is 0 Å². The predicted molar refractivity (Wildman–Crippen MR) is 81.8 cm³/mol. The largest absolute Gasteiger partial charge is 0.388 e. The number of hydrogen-bond donors (Lipinski definition) is 1. The third-order valence-corrected chi connectivity index (χ3v) is 4.20. The predicted octanol–water partition coefficient (Wildman–Crippen LogP) is 4.57. The van der Waals surface area contributed by atoms with Gasteiger partial charge in [-0.15, -0.1) is 0 Å². The van der Waals surface area contributed by atoms with Gasteiger partial charge in [0.1, 0.15) is 0 Å². The van der Waals surface area contributed by atoms with Crippen molar-refractivity contribution in [2.24, 2.45) is 0 Å². The summed E-state index contributed by atoms with van der Waals surface area (Å²) in [5.74, 6) is 0.733. The molecule has 2 rings (SSSR count). The molecule has 2 nitrogen and oxygen atoms in total. The van der Waals surface area contributed by atoms with Crippen LogP contribution in [0.3, 0.4) is 0 Å². The minimum absolute atomic E-state index is 0.513. The molecule has 1 N–H and O–H groups in total. The fraction of sp³-hybridized carbons (Fsp3) is 0.647. The summed E-state index contributed by atoms with van der Waals surface area (Å²) in [7, 11) is 1.97. The molecule has 0 spiro atoms. The fourth-order valence-electron chi connectivity index (χ4n) is 2.88. The average Bonchev–Trinajstić information content (AvgIpc) is 2.48. The van der Waals surface area contributed by atoms with Crippen molar-refractivity contribution in [2.45, 2.75) is 57.5 Å². The van der Waals surface area contributed by atoms with Crippen LogP contribution in [0.5, 0.6) is 0 Å². The first kappa shape index (κ1) is 14.4. The van der Waals surface area contributed by atoms with Crippen LogP contribution in [0.15, 0.2) is 24.3 Å². The molecule has 0 amide bonds. The van der Waals surface area contributed by atoms with Gasteiger partial charge in [0.25, 0.3) is 0 Å². The zero-order valence-electron chi connectivity index (χ0n) is 12.3. The number of rotatable bonds is 6. The molecule has 0 radical (unpaired) electrons. The third kappa shape index (κ3) is 4.24. The van der Waals surface area contributed by atoms with Crippen LogP contribution in [0.25, 0.3) is 0 Å². The SMILES string of the molecule is CCCCOC1CCC(c2ccc(NC)cc2)CC1. The smallest absolute Gasteiger partial charge is 0.0575 e. The van der Waals surface area contributed by atoms with Gasteiger partial charge in [-0.3, -0.25) is 0 Å². The summed E-state index contributed by atoms with van der Waals surface area (Å²) >= 11 is 0. The van der Waals surface area contributed by atoms with Gasteiger partial charge in [-0.1, -0.05) is 25.5 Å². The summed E-state index contributed by atoms with van der Waals surface area (Å²) in [4.78, 5) is 0. The second-order valence-corrected chi connectivity index (χ2v) is 5.57. The molecule has 0 saturated heterocycles. The van der Waals surface area contributed by atoms with Crippen LogP contribution >= 0.6 is 0 Å². The van der Waals surface area contributed by atoms with Crippen molar-refractivity contribution in [3.8, 4) is 0 Å². The first-order valence-electron chi connectivity index (χ1n) is 7.72. The van der Waals surface area contributed by atoms with Crippen LogP contribution in [0.2, 0.25) is 0 Å². The fourth-order valence-corrected chi connectivity index (χ4v) is 2.88. The van der Waals surface area contributed by atoms with Crippen LogP contribution < -0.4 is 5.32 Å². The summed E-state index contributed by atoms with van der Waals surface area (Å²) in [6.07, 6.45) is 7.94. The van der Waals surface area contributed by atoms with E-state index in [4.69, 9.17) is 4.74 Å². The Bertz CT molecular complexity index is 352. The van der Waals surface area contributed by atoms with Crippen LogP contribution in [-0.4, -0.2) is 19.8 Å². The Kier molecular flexibility index (Phi) is 5.71. The number of unbranched alkanes of at least 4 members (excludes halogenated alkanes) is 1. The van der Waals surface area contributed by atoms with E-state index in [0.29, 0.717) is 6.10 Å². The van der Waals surface area contributed by atoms with Crippen molar-refractivity contribution in [1.29, 1.82) is 0 Å². The third-order valence-electron chi connectivity index (χ3n) is 4.20. The number of ether oxygens (including phenoxy) is 1. The first-order valence-corrected chi connectivity index (χ1v) is 7.72. The molecular weight excluding hydrogens is 234 g/mol. The molecule has 106 valence electrons. The van der Waals surface area contributed by atoms with Gasteiger partial charge < -0.3 is 10.1 Å². The normalized spacial score (nSPS) is 23.3. The molecule has 0 aliphatic heterocycles. The highest BCUT2D eigenvalue weighted by Crippen LogP contribution is 2.34. The molecule has 1 fully saturated rings. The molecule has 1 aromatic rings. The number of nitrogens with one attached hydrogen (secondary N) is 1. The van der Waals surface area contributed by atoms with Crippen molar-refractivity contribution in [1.82, 2.24) is 0 Å². The van der Waals surface area contributed by atoms with E-state index in [1.807, 2.05) is 7.05 Å². The summed E-state index contributed by atoms with van der Waals surface area (Å²) < 4.78 is 5.93. The highest BCUT2D eigenvalue weighted by atomic mass is 16.5. The van der Waals surface area contributed by atoms with Crippen LogP contribution in [-0.2, 0) is 4.74 Å². The van der Waals surface area contributed by atoms with E-state index in [0.717, 1.165) is 12.5 Å². The summed E-state index contributed by atoms with van der Waals surface area (Å²) in [5.41, 5.74) is 2.69. The van der Waals surface area contributed by atoms with E-state index in [1.165, 1.54) is 49.8 Å². The Morgan fingerprint density at radius 3 is 2.37 bits per heavy atom. The monoisotopic (exact) mass is 261 g/mol. The average molecular weight is 261 g/mol. The lowest BCUT2D eigenvalue weighted by Gasteiger charge is -2.29. The van der Waals surface area contributed by atoms with E-state index >= 15 is 0 Å². The highest BCUT2D eigenvalue weighted by molar-refractivity contribution is 5.44. The topological polar surface area (TPSA) is 21.3 Å². The van der Waals surface area contributed by atoms with Gasteiger partial charge in [0.2, 0.25) is 0 Å². The number of hydrogen-bond acceptors (Lipinski definition) is 2. The van der Waals surface area contributed by atoms with Gasteiger partial charge in [-0.25, -0.2) is 0 Å². The molecule has 0 unspecified atom stereocenters. The molecule has 1 saturated carbocycles. The van der Waals surface area contributed by atoms with Crippen molar-refractivity contribution < 1.29 is 4.74 Å². The zero-order chi connectivity index (χ0) is 13.5. The Labute approximate surface area is 117 Å². The van der Waals surface area contributed by atoms with Crippen LogP contribution in [0, 0.1) is 0 Å². The Balaban J connectivity index is 1.78. The van der Waals surface area contributed by atoms with E-state index in [1.54, 1.807) is 0 Å². The molecule has 1 aromatic carbocycles. The molecular formula is C17H27NO. The lowest BCUT2D eigenvalue weighted by atomic mass is 9.82. The molecule has 0 heterocycles. The van der Waals surface area contributed by atoms with Crippen LogP contribution in [0.1, 0.15) is 56.9 Å². The minimum Gasteiger partial charge on any atom is -0.388 e. The molecule has 0 bridgehead atoms. The second-order valence-electron chi connectivity index (χ2n) is 5.57. The Hall–Kier alpha value is -1.02. The van der Waals surface area contributed by atoms with Gasteiger partial charge in [-0.05, 0) is 55.7 Å². The molecule has 1 aliphatic rings. The maximum absolute atomic E-state index is 5.93. The maximum atomic E-state index is 5.93. The van der Waals surface area contributed by atoms with Crippen molar-refractivity contribution in [3.05, 3.63) is 29.8 Å². The van der Waals surface area contributed by atoms with Gasteiger partial charge in [0.15, 0.2) is 0 Å². The van der Waals surface area contributed by atoms with E-state index in [2.05, 4.69) is 36.5 Å². The second kappa shape index (κ2) is 7.54. The molecule has 0 aromatic heterocycles. The van der Waals surface area contributed by atoms with Gasteiger partial charge in [0.05, 0.1) is 6.10 Å². The van der Waals surface area contributed by atoms with E-state index in [-0.39, 0.29) is 0 Å². The lowest BCUT2D eigenvalue weighted by Crippen LogP contribution is -2.21. The van der Waals surface area contributed by atoms with Crippen molar-refractivity contribution >= 4 is 5.69 Å². The summed E-state index contributed by atoms with van der Waals surface area (Å²) in [5, 5.41) is 3.17. The number of anilines is 1.